The Labute approximate surface area is 164 Å². The maximum absolute atomic E-state index is 5.97. The van der Waals surface area contributed by atoms with E-state index < -0.39 is 0 Å². The number of aliphatic imine (C=N–C) groups is 1. The van der Waals surface area contributed by atoms with Gasteiger partial charge < -0.3 is 25.0 Å². The van der Waals surface area contributed by atoms with E-state index in [2.05, 4.69) is 27.4 Å². The molecule has 1 saturated heterocycles. The first-order valence-corrected chi connectivity index (χ1v) is 10.1. The van der Waals surface area contributed by atoms with Crippen LogP contribution in [0.3, 0.4) is 0 Å². The fourth-order valence-corrected chi connectivity index (χ4v) is 3.43. The van der Waals surface area contributed by atoms with Gasteiger partial charge in [-0.3, -0.25) is 4.99 Å². The number of nitrogens with zero attached hydrogens (tertiary/aromatic N) is 2. The molecule has 1 heterocycles. The Bertz CT molecular complexity index is 579. The van der Waals surface area contributed by atoms with Crippen LogP contribution in [0.25, 0.3) is 0 Å². The van der Waals surface area contributed by atoms with Crippen LogP contribution in [0, 0.1) is 5.92 Å². The van der Waals surface area contributed by atoms with E-state index in [1.54, 1.807) is 14.2 Å². The summed E-state index contributed by atoms with van der Waals surface area (Å²) in [4.78, 5) is 6.88. The van der Waals surface area contributed by atoms with E-state index in [0.717, 1.165) is 42.9 Å². The molecule has 0 saturated carbocycles. The number of piperidine rings is 1. The molecule has 152 valence electrons. The predicted octanol–water partition coefficient (Wildman–Crippen LogP) is 2.75. The Morgan fingerprint density at radius 1 is 1.30 bits per heavy atom. The zero-order chi connectivity index (χ0) is 19.5. The molecule has 1 aromatic rings. The minimum atomic E-state index is -0.00492. The van der Waals surface area contributed by atoms with Crippen LogP contribution in [0.15, 0.2) is 29.3 Å². The van der Waals surface area contributed by atoms with Crippen LogP contribution >= 0.6 is 0 Å². The molecule has 0 bridgehead atoms. The van der Waals surface area contributed by atoms with Crippen molar-refractivity contribution < 1.29 is 9.47 Å². The van der Waals surface area contributed by atoms with Crippen LogP contribution in [0.2, 0.25) is 0 Å². The summed E-state index contributed by atoms with van der Waals surface area (Å²) < 4.78 is 11.3. The molecular weight excluding hydrogens is 340 g/mol. The molecule has 1 aromatic carbocycles. The number of benzene rings is 1. The largest absolute Gasteiger partial charge is 0.493 e. The highest BCUT2D eigenvalue weighted by atomic mass is 16.5. The number of hydrogen-bond acceptors (Lipinski definition) is 4. The topological polar surface area (TPSA) is 58.1 Å². The molecular formula is C21H36N4O2. The summed E-state index contributed by atoms with van der Waals surface area (Å²) >= 11 is 0. The van der Waals surface area contributed by atoms with E-state index in [4.69, 9.17) is 9.47 Å². The van der Waals surface area contributed by atoms with E-state index in [1.807, 2.05) is 31.2 Å². The molecule has 6 nitrogen and oxygen atoms in total. The van der Waals surface area contributed by atoms with Crippen molar-refractivity contribution >= 4 is 5.96 Å². The summed E-state index contributed by atoms with van der Waals surface area (Å²) in [6.45, 7) is 9.61. The molecule has 27 heavy (non-hydrogen) atoms. The molecule has 6 heteroatoms. The van der Waals surface area contributed by atoms with E-state index in [9.17, 15) is 0 Å². The summed E-state index contributed by atoms with van der Waals surface area (Å²) in [6.07, 6.45) is 3.83. The number of likely N-dealkylation sites (tertiary alicyclic amines) is 1. The van der Waals surface area contributed by atoms with Crippen molar-refractivity contribution in [2.45, 2.75) is 39.2 Å². The van der Waals surface area contributed by atoms with Crippen LogP contribution < -0.4 is 20.1 Å². The molecule has 0 radical (unpaired) electrons. The summed E-state index contributed by atoms with van der Waals surface area (Å²) in [6, 6.07) is 7.70. The summed E-state index contributed by atoms with van der Waals surface area (Å²) in [7, 11) is 3.45. The fraction of sp³-hybridized carbons (Fsp3) is 0.667. The lowest BCUT2D eigenvalue weighted by Crippen LogP contribution is -2.43. The number of hydrogen-bond donors (Lipinski definition) is 2. The van der Waals surface area contributed by atoms with E-state index in [0.29, 0.717) is 6.54 Å². The third-order valence-corrected chi connectivity index (χ3v) is 4.86. The Morgan fingerprint density at radius 3 is 2.78 bits per heavy atom. The lowest BCUT2D eigenvalue weighted by molar-refractivity contribution is 0.182. The van der Waals surface area contributed by atoms with Crippen molar-refractivity contribution in [1.29, 1.82) is 0 Å². The number of para-hydroxylation sites is 2. The highest BCUT2D eigenvalue weighted by Gasteiger charge is 2.15. The lowest BCUT2D eigenvalue weighted by Gasteiger charge is -2.30. The van der Waals surface area contributed by atoms with Gasteiger partial charge in [-0.1, -0.05) is 19.1 Å². The molecule has 2 rings (SSSR count). The Balaban J connectivity index is 1.64. The zero-order valence-corrected chi connectivity index (χ0v) is 17.3. The number of rotatable bonds is 9. The lowest BCUT2D eigenvalue weighted by atomic mass is 10.0. The SMILES string of the molecule is CN=C(NCCCN1CCCC(C)C1)NCC(C)Oc1ccccc1OC. The molecule has 2 atom stereocenters. The van der Waals surface area contributed by atoms with Gasteiger partial charge in [0.1, 0.15) is 6.10 Å². The van der Waals surface area contributed by atoms with Crippen LogP contribution in [-0.4, -0.2) is 63.8 Å². The Morgan fingerprint density at radius 2 is 2.07 bits per heavy atom. The predicted molar refractivity (Wildman–Crippen MR) is 112 cm³/mol. The van der Waals surface area contributed by atoms with Crippen LogP contribution in [-0.2, 0) is 0 Å². The maximum Gasteiger partial charge on any atom is 0.191 e. The molecule has 0 amide bonds. The molecule has 1 fully saturated rings. The minimum Gasteiger partial charge on any atom is -0.493 e. The molecule has 0 aliphatic carbocycles. The van der Waals surface area contributed by atoms with Crippen LogP contribution in [0.4, 0.5) is 0 Å². The van der Waals surface area contributed by atoms with Gasteiger partial charge in [-0.05, 0) is 57.3 Å². The molecule has 1 aliphatic rings. The van der Waals surface area contributed by atoms with Crippen molar-refractivity contribution in [2.24, 2.45) is 10.9 Å². The van der Waals surface area contributed by atoms with Gasteiger partial charge in [0.15, 0.2) is 17.5 Å². The number of ether oxygens (including phenoxy) is 2. The first-order chi connectivity index (χ1) is 13.1. The Kier molecular flexibility index (Phi) is 9.25. The van der Waals surface area contributed by atoms with Gasteiger partial charge in [0.25, 0.3) is 0 Å². The molecule has 2 N–H and O–H groups in total. The fourth-order valence-electron chi connectivity index (χ4n) is 3.43. The van der Waals surface area contributed by atoms with Crippen LogP contribution in [0.1, 0.15) is 33.1 Å². The van der Waals surface area contributed by atoms with E-state index in [1.165, 1.54) is 25.9 Å². The van der Waals surface area contributed by atoms with Crippen LogP contribution in [0.5, 0.6) is 11.5 Å². The quantitative estimate of drug-likeness (QED) is 0.394. The van der Waals surface area contributed by atoms with Gasteiger partial charge in [0.05, 0.1) is 13.7 Å². The molecule has 2 unspecified atom stereocenters. The van der Waals surface area contributed by atoms with Gasteiger partial charge in [-0.2, -0.15) is 0 Å². The summed E-state index contributed by atoms with van der Waals surface area (Å²) in [5.41, 5.74) is 0. The van der Waals surface area contributed by atoms with E-state index >= 15 is 0 Å². The second kappa shape index (κ2) is 11.7. The average Bonchev–Trinajstić information content (AvgIpc) is 2.68. The standard InChI is InChI=1S/C21H36N4O2/c1-17-9-7-13-25(16-17)14-8-12-23-21(22-3)24-15-18(2)27-20-11-6-5-10-19(20)26-4/h5-6,10-11,17-18H,7-9,12-16H2,1-4H3,(H2,22,23,24). The minimum absolute atomic E-state index is 0.00492. The monoisotopic (exact) mass is 376 g/mol. The first kappa shape index (κ1) is 21.4. The molecule has 1 aliphatic heterocycles. The number of guanidine groups is 1. The van der Waals surface area contributed by atoms with Gasteiger partial charge in [0, 0.05) is 20.1 Å². The van der Waals surface area contributed by atoms with Crippen molar-refractivity contribution in [3.05, 3.63) is 24.3 Å². The maximum atomic E-state index is 5.97. The summed E-state index contributed by atoms with van der Waals surface area (Å²) in [5.74, 6) is 3.16. The third-order valence-electron chi connectivity index (χ3n) is 4.86. The smallest absolute Gasteiger partial charge is 0.191 e. The van der Waals surface area contributed by atoms with Crippen molar-refractivity contribution in [2.75, 3.05) is 46.9 Å². The van der Waals surface area contributed by atoms with Gasteiger partial charge in [-0.15, -0.1) is 0 Å². The van der Waals surface area contributed by atoms with Crippen molar-refractivity contribution in [1.82, 2.24) is 15.5 Å². The Hall–Kier alpha value is -1.95. The molecule has 0 aromatic heterocycles. The second-order valence-corrected chi connectivity index (χ2v) is 7.36. The highest BCUT2D eigenvalue weighted by Crippen LogP contribution is 2.26. The van der Waals surface area contributed by atoms with Crippen molar-refractivity contribution in [3.8, 4) is 11.5 Å². The zero-order valence-electron chi connectivity index (χ0n) is 17.3. The number of nitrogens with one attached hydrogen (secondary N) is 2. The van der Waals surface area contributed by atoms with E-state index in [-0.39, 0.29) is 6.10 Å². The average molecular weight is 377 g/mol. The summed E-state index contributed by atoms with van der Waals surface area (Å²) in [5, 5.41) is 6.73. The highest BCUT2D eigenvalue weighted by molar-refractivity contribution is 5.79. The normalized spacial score (nSPS) is 19.4. The van der Waals surface area contributed by atoms with Crippen molar-refractivity contribution in [3.63, 3.8) is 0 Å². The molecule has 0 spiro atoms. The second-order valence-electron chi connectivity index (χ2n) is 7.36. The first-order valence-electron chi connectivity index (χ1n) is 10.1. The van der Waals surface area contributed by atoms with Gasteiger partial charge in [-0.25, -0.2) is 0 Å². The van der Waals surface area contributed by atoms with Gasteiger partial charge >= 0.3 is 0 Å². The third kappa shape index (κ3) is 7.67. The number of methoxy groups -OCH3 is 1. The van der Waals surface area contributed by atoms with Gasteiger partial charge in [0.2, 0.25) is 0 Å².